The van der Waals surface area contributed by atoms with Gasteiger partial charge < -0.3 is 5.32 Å². The molecule has 0 bridgehead atoms. The van der Waals surface area contributed by atoms with Crippen molar-refractivity contribution in [2.45, 2.75) is 6.54 Å². The van der Waals surface area contributed by atoms with E-state index in [1.165, 1.54) is 12.1 Å². The summed E-state index contributed by atoms with van der Waals surface area (Å²) in [5, 5.41) is 14.3. The number of nitrogens with zero attached hydrogens (tertiary/aromatic N) is 1. The molecule has 0 aliphatic carbocycles. The van der Waals surface area contributed by atoms with Crippen LogP contribution >= 0.6 is 27.5 Å². The van der Waals surface area contributed by atoms with Crippen molar-refractivity contribution in [3.05, 3.63) is 67.4 Å². The molecular formula is C13H9BrClFN2O2. The lowest BCUT2D eigenvalue weighted by Gasteiger charge is -2.08. The number of hydrogen-bond acceptors (Lipinski definition) is 3. The number of nitro benzene ring substituents is 1. The Hall–Kier alpha value is -1.66. The van der Waals surface area contributed by atoms with Gasteiger partial charge in [0.1, 0.15) is 0 Å². The fraction of sp³-hybridized carbons (Fsp3) is 0.0769. The van der Waals surface area contributed by atoms with Crippen molar-refractivity contribution < 1.29 is 9.31 Å². The van der Waals surface area contributed by atoms with Crippen molar-refractivity contribution in [2.24, 2.45) is 0 Å². The van der Waals surface area contributed by atoms with E-state index in [1.807, 2.05) is 6.07 Å². The zero-order chi connectivity index (χ0) is 14.7. The first kappa shape index (κ1) is 14.7. The van der Waals surface area contributed by atoms with E-state index in [-0.39, 0.29) is 0 Å². The molecule has 0 fully saturated rings. The SMILES string of the molecule is O=[N+]([O-])c1cc(NCc2ccc(Cl)cc2Br)ccc1F. The summed E-state index contributed by atoms with van der Waals surface area (Å²) in [6, 6.07) is 9.02. The quantitative estimate of drug-likeness (QED) is 0.632. The van der Waals surface area contributed by atoms with Gasteiger partial charge in [-0.3, -0.25) is 10.1 Å². The molecule has 1 N–H and O–H groups in total. The monoisotopic (exact) mass is 358 g/mol. The maximum atomic E-state index is 13.2. The predicted molar refractivity (Wildman–Crippen MR) is 79.5 cm³/mol. The lowest BCUT2D eigenvalue weighted by molar-refractivity contribution is -0.387. The van der Waals surface area contributed by atoms with E-state index >= 15 is 0 Å². The molecule has 7 heteroatoms. The van der Waals surface area contributed by atoms with Gasteiger partial charge in [-0.15, -0.1) is 0 Å². The van der Waals surface area contributed by atoms with Crippen LogP contribution in [-0.4, -0.2) is 4.92 Å². The van der Waals surface area contributed by atoms with Gasteiger partial charge in [0.05, 0.1) is 4.92 Å². The molecule has 0 spiro atoms. The first-order valence-corrected chi connectivity index (χ1v) is 6.76. The largest absolute Gasteiger partial charge is 0.381 e. The zero-order valence-electron chi connectivity index (χ0n) is 10.1. The van der Waals surface area contributed by atoms with Crippen LogP contribution in [-0.2, 0) is 6.54 Å². The molecule has 2 rings (SSSR count). The van der Waals surface area contributed by atoms with Crippen molar-refractivity contribution in [1.82, 2.24) is 0 Å². The molecular weight excluding hydrogens is 351 g/mol. The Bertz CT molecular complexity index is 667. The van der Waals surface area contributed by atoms with Crippen LogP contribution in [0.25, 0.3) is 0 Å². The second-order valence-corrected chi connectivity index (χ2v) is 5.30. The predicted octanol–water partition coefficient (Wildman–Crippen LogP) is 4.76. The highest BCUT2D eigenvalue weighted by Gasteiger charge is 2.14. The van der Waals surface area contributed by atoms with Gasteiger partial charge in [-0.1, -0.05) is 33.6 Å². The zero-order valence-corrected chi connectivity index (χ0v) is 12.4. The van der Waals surface area contributed by atoms with Gasteiger partial charge in [0.25, 0.3) is 0 Å². The van der Waals surface area contributed by atoms with E-state index in [0.29, 0.717) is 17.3 Å². The van der Waals surface area contributed by atoms with Gasteiger partial charge in [0, 0.05) is 27.8 Å². The average Bonchev–Trinajstić information content (AvgIpc) is 2.39. The van der Waals surface area contributed by atoms with E-state index in [9.17, 15) is 14.5 Å². The fourth-order valence-electron chi connectivity index (χ4n) is 1.62. The molecule has 20 heavy (non-hydrogen) atoms. The van der Waals surface area contributed by atoms with Crippen LogP contribution in [0.3, 0.4) is 0 Å². The summed E-state index contributed by atoms with van der Waals surface area (Å²) in [5.41, 5.74) is 0.853. The van der Waals surface area contributed by atoms with E-state index < -0.39 is 16.4 Å². The average molecular weight is 360 g/mol. The van der Waals surface area contributed by atoms with Crippen LogP contribution in [0.2, 0.25) is 5.02 Å². The van der Waals surface area contributed by atoms with Gasteiger partial charge in [0.2, 0.25) is 5.82 Å². The number of hydrogen-bond donors (Lipinski definition) is 1. The third-order valence-electron chi connectivity index (χ3n) is 2.64. The van der Waals surface area contributed by atoms with Crippen molar-refractivity contribution in [3.63, 3.8) is 0 Å². The van der Waals surface area contributed by atoms with Crippen LogP contribution in [0, 0.1) is 15.9 Å². The molecule has 0 atom stereocenters. The Kier molecular flexibility index (Phi) is 4.57. The third-order valence-corrected chi connectivity index (χ3v) is 3.61. The second kappa shape index (κ2) is 6.19. The highest BCUT2D eigenvalue weighted by atomic mass is 79.9. The third kappa shape index (κ3) is 3.46. The summed E-state index contributed by atoms with van der Waals surface area (Å²) in [5.74, 6) is -0.853. The minimum Gasteiger partial charge on any atom is -0.381 e. The van der Waals surface area contributed by atoms with Gasteiger partial charge in [-0.25, -0.2) is 0 Å². The number of anilines is 1. The molecule has 0 radical (unpaired) electrons. The summed E-state index contributed by atoms with van der Waals surface area (Å²) in [6.45, 7) is 0.431. The Labute approximate surface area is 127 Å². The van der Waals surface area contributed by atoms with Crippen molar-refractivity contribution in [3.8, 4) is 0 Å². The molecule has 0 amide bonds. The summed E-state index contributed by atoms with van der Waals surface area (Å²) >= 11 is 9.22. The Morgan fingerprint density at radius 3 is 2.70 bits per heavy atom. The van der Waals surface area contributed by atoms with Crippen molar-refractivity contribution in [2.75, 3.05) is 5.32 Å². The van der Waals surface area contributed by atoms with E-state index in [4.69, 9.17) is 11.6 Å². The Morgan fingerprint density at radius 2 is 2.05 bits per heavy atom. The highest BCUT2D eigenvalue weighted by Crippen LogP contribution is 2.25. The normalized spacial score (nSPS) is 10.3. The second-order valence-electron chi connectivity index (χ2n) is 4.01. The van der Waals surface area contributed by atoms with Crippen LogP contribution in [0.15, 0.2) is 40.9 Å². The first-order valence-electron chi connectivity index (χ1n) is 5.59. The van der Waals surface area contributed by atoms with Gasteiger partial charge >= 0.3 is 5.69 Å². The summed E-state index contributed by atoms with van der Waals surface area (Å²) in [6.07, 6.45) is 0. The molecule has 0 heterocycles. The lowest BCUT2D eigenvalue weighted by Crippen LogP contribution is -2.01. The molecule has 2 aromatic rings. The number of rotatable bonds is 4. The molecule has 2 aromatic carbocycles. The molecule has 0 aliphatic heterocycles. The van der Waals surface area contributed by atoms with Crippen LogP contribution in [0.1, 0.15) is 5.56 Å². The molecule has 0 saturated carbocycles. The minimum absolute atomic E-state index is 0.431. The standard InChI is InChI=1S/C13H9BrClFN2O2/c14-11-5-9(15)2-1-8(11)7-17-10-3-4-12(16)13(6-10)18(19)20/h1-6,17H,7H2. The molecule has 104 valence electrons. The first-order chi connectivity index (χ1) is 9.47. The van der Waals surface area contributed by atoms with Crippen molar-refractivity contribution in [1.29, 1.82) is 0 Å². The molecule has 0 aliphatic rings. The molecule has 0 saturated heterocycles. The minimum atomic E-state index is -0.853. The van der Waals surface area contributed by atoms with E-state index in [0.717, 1.165) is 16.1 Å². The van der Waals surface area contributed by atoms with Crippen LogP contribution in [0.4, 0.5) is 15.8 Å². The van der Waals surface area contributed by atoms with Gasteiger partial charge in [-0.2, -0.15) is 4.39 Å². The van der Waals surface area contributed by atoms with Gasteiger partial charge in [0.15, 0.2) is 0 Å². The number of nitrogens with one attached hydrogen (secondary N) is 1. The fourth-order valence-corrected chi connectivity index (χ4v) is 2.45. The summed E-state index contributed by atoms with van der Waals surface area (Å²) < 4.78 is 14.0. The summed E-state index contributed by atoms with van der Waals surface area (Å²) in [7, 11) is 0. The number of halogens is 3. The topological polar surface area (TPSA) is 55.2 Å². The number of benzene rings is 2. The molecule has 4 nitrogen and oxygen atoms in total. The molecule has 0 aromatic heterocycles. The summed E-state index contributed by atoms with van der Waals surface area (Å²) in [4.78, 5) is 9.90. The van der Waals surface area contributed by atoms with Crippen LogP contribution < -0.4 is 5.32 Å². The van der Waals surface area contributed by atoms with Crippen molar-refractivity contribution >= 4 is 38.9 Å². The Balaban J connectivity index is 2.15. The highest BCUT2D eigenvalue weighted by molar-refractivity contribution is 9.10. The maximum absolute atomic E-state index is 13.2. The van der Waals surface area contributed by atoms with Gasteiger partial charge in [-0.05, 0) is 29.8 Å². The maximum Gasteiger partial charge on any atom is 0.306 e. The van der Waals surface area contributed by atoms with E-state index in [2.05, 4.69) is 21.2 Å². The Morgan fingerprint density at radius 1 is 1.30 bits per heavy atom. The molecule has 0 unspecified atom stereocenters. The lowest BCUT2D eigenvalue weighted by atomic mass is 10.2. The number of nitro groups is 1. The van der Waals surface area contributed by atoms with E-state index in [1.54, 1.807) is 12.1 Å². The van der Waals surface area contributed by atoms with Crippen LogP contribution in [0.5, 0.6) is 0 Å². The smallest absolute Gasteiger partial charge is 0.306 e.